The molecule has 0 aliphatic carbocycles. The molecule has 1 heterocycles. The Morgan fingerprint density at radius 2 is 2.12 bits per heavy atom. The highest BCUT2D eigenvalue weighted by molar-refractivity contribution is 5.46. The molecule has 0 saturated heterocycles. The second-order valence-corrected chi connectivity index (χ2v) is 4.46. The van der Waals surface area contributed by atoms with Crippen molar-refractivity contribution in [3.05, 3.63) is 18.2 Å². The van der Waals surface area contributed by atoms with Crippen LogP contribution in [0.3, 0.4) is 0 Å². The predicted octanol–water partition coefficient (Wildman–Crippen LogP) is 1.72. The van der Waals surface area contributed by atoms with Crippen LogP contribution in [-0.2, 0) is 0 Å². The first kappa shape index (κ1) is 12.8. The van der Waals surface area contributed by atoms with Crippen molar-refractivity contribution in [1.29, 1.82) is 0 Å². The van der Waals surface area contributed by atoms with E-state index in [4.69, 9.17) is 0 Å². The highest BCUT2D eigenvalue weighted by Gasteiger charge is 2.18. The number of hydrogen-bond donors (Lipinski definition) is 2. The standard InChI is InChI=1S/C12H21N3O/c1-5-15(9-12(2,3)16)11-8-6-7-10(13-4)14-11/h6-8,16H,5,9H2,1-4H3,(H,13,14). The summed E-state index contributed by atoms with van der Waals surface area (Å²) in [6.45, 7) is 7.06. The fourth-order valence-corrected chi connectivity index (χ4v) is 1.56. The lowest BCUT2D eigenvalue weighted by molar-refractivity contribution is 0.0874. The number of pyridine rings is 1. The molecule has 2 N–H and O–H groups in total. The number of likely N-dealkylation sites (N-methyl/N-ethyl adjacent to an activating group) is 1. The molecule has 4 heteroatoms. The van der Waals surface area contributed by atoms with Crippen LogP contribution in [-0.4, -0.2) is 35.8 Å². The Hall–Kier alpha value is -1.29. The van der Waals surface area contributed by atoms with Gasteiger partial charge in [0.15, 0.2) is 0 Å². The molecule has 0 spiro atoms. The van der Waals surface area contributed by atoms with E-state index in [-0.39, 0.29) is 0 Å². The number of nitrogens with one attached hydrogen (secondary N) is 1. The number of aromatic nitrogens is 1. The summed E-state index contributed by atoms with van der Waals surface area (Å²) >= 11 is 0. The second kappa shape index (κ2) is 5.16. The molecule has 1 aromatic heterocycles. The zero-order chi connectivity index (χ0) is 12.2. The fraction of sp³-hybridized carbons (Fsp3) is 0.583. The van der Waals surface area contributed by atoms with Crippen LogP contribution in [0.1, 0.15) is 20.8 Å². The van der Waals surface area contributed by atoms with Gasteiger partial charge in [-0.15, -0.1) is 0 Å². The quantitative estimate of drug-likeness (QED) is 0.798. The molecule has 0 radical (unpaired) electrons. The predicted molar refractivity (Wildman–Crippen MR) is 68.0 cm³/mol. The van der Waals surface area contributed by atoms with Crippen LogP contribution >= 0.6 is 0 Å². The Labute approximate surface area is 97.3 Å². The first-order chi connectivity index (χ1) is 7.46. The molecule has 0 aliphatic rings. The molecule has 90 valence electrons. The van der Waals surface area contributed by atoms with Crippen molar-refractivity contribution < 1.29 is 5.11 Å². The Kier molecular flexibility index (Phi) is 4.12. The van der Waals surface area contributed by atoms with Gasteiger partial charge in [-0.25, -0.2) is 4.98 Å². The zero-order valence-corrected chi connectivity index (χ0v) is 10.5. The minimum Gasteiger partial charge on any atom is -0.389 e. The van der Waals surface area contributed by atoms with E-state index in [0.29, 0.717) is 6.54 Å². The topological polar surface area (TPSA) is 48.4 Å². The molecule has 0 saturated carbocycles. The van der Waals surface area contributed by atoms with Gasteiger partial charge in [0.1, 0.15) is 11.6 Å². The maximum Gasteiger partial charge on any atom is 0.131 e. The summed E-state index contributed by atoms with van der Waals surface area (Å²) in [5, 5.41) is 12.8. The first-order valence-corrected chi connectivity index (χ1v) is 5.58. The number of anilines is 2. The van der Waals surface area contributed by atoms with Crippen LogP contribution in [0, 0.1) is 0 Å². The smallest absolute Gasteiger partial charge is 0.131 e. The van der Waals surface area contributed by atoms with Gasteiger partial charge in [-0.05, 0) is 32.9 Å². The van der Waals surface area contributed by atoms with E-state index in [1.807, 2.05) is 25.2 Å². The minimum atomic E-state index is -0.715. The zero-order valence-electron chi connectivity index (χ0n) is 10.5. The van der Waals surface area contributed by atoms with Gasteiger partial charge in [-0.3, -0.25) is 0 Å². The number of nitrogens with zero attached hydrogens (tertiary/aromatic N) is 2. The van der Waals surface area contributed by atoms with Gasteiger partial charge in [-0.2, -0.15) is 0 Å². The molecule has 4 nitrogen and oxygen atoms in total. The summed E-state index contributed by atoms with van der Waals surface area (Å²) in [5.74, 6) is 1.73. The molecular formula is C12H21N3O. The Morgan fingerprint density at radius 3 is 2.62 bits per heavy atom. The molecule has 0 aliphatic heterocycles. The largest absolute Gasteiger partial charge is 0.389 e. The van der Waals surface area contributed by atoms with E-state index in [1.54, 1.807) is 13.8 Å². The second-order valence-electron chi connectivity index (χ2n) is 4.46. The third-order valence-electron chi connectivity index (χ3n) is 2.27. The lowest BCUT2D eigenvalue weighted by Gasteiger charge is -2.29. The highest BCUT2D eigenvalue weighted by Crippen LogP contribution is 2.16. The summed E-state index contributed by atoms with van der Waals surface area (Å²) in [4.78, 5) is 6.51. The maximum atomic E-state index is 9.82. The van der Waals surface area contributed by atoms with Gasteiger partial charge in [0.2, 0.25) is 0 Å². The SMILES string of the molecule is CCN(CC(C)(C)O)c1cccc(NC)n1. The Morgan fingerprint density at radius 1 is 1.44 bits per heavy atom. The molecule has 0 unspecified atom stereocenters. The summed E-state index contributed by atoms with van der Waals surface area (Å²) in [6.07, 6.45) is 0. The lowest BCUT2D eigenvalue weighted by Crippen LogP contribution is -2.39. The Balaban J connectivity index is 2.86. The minimum absolute atomic E-state index is 0.573. The van der Waals surface area contributed by atoms with Gasteiger partial charge >= 0.3 is 0 Å². The molecule has 16 heavy (non-hydrogen) atoms. The van der Waals surface area contributed by atoms with Crippen molar-refractivity contribution in [2.75, 3.05) is 30.4 Å². The lowest BCUT2D eigenvalue weighted by atomic mass is 10.1. The molecule has 0 bridgehead atoms. The third-order valence-corrected chi connectivity index (χ3v) is 2.27. The van der Waals surface area contributed by atoms with Gasteiger partial charge in [0.05, 0.1) is 5.60 Å². The normalized spacial score (nSPS) is 11.3. The van der Waals surface area contributed by atoms with Gasteiger partial charge < -0.3 is 15.3 Å². The third kappa shape index (κ3) is 3.70. The van der Waals surface area contributed by atoms with Crippen molar-refractivity contribution in [1.82, 2.24) is 4.98 Å². The van der Waals surface area contributed by atoms with Crippen molar-refractivity contribution in [3.63, 3.8) is 0 Å². The van der Waals surface area contributed by atoms with Gasteiger partial charge in [0, 0.05) is 20.1 Å². The highest BCUT2D eigenvalue weighted by atomic mass is 16.3. The average Bonchev–Trinajstić information content (AvgIpc) is 2.25. The van der Waals surface area contributed by atoms with Crippen LogP contribution < -0.4 is 10.2 Å². The first-order valence-electron chi connectivity index (χ1n) is 5.58. The number of aliphatic hydroxyl groups is 1. The molecular weight excluding hydrogens is 202 g/mol. The van der Waals surface area contributed by atoms with E-state index < -0.39 is 5.60 Å². The molecule has 0 aromatic carbocycles. The molecule has 1 aromatic rings. The Bertz CT molecular complexity index is 333. The van der Waals surface area contributed by atoms with Crippen LogP contribution in [0.5, 0.6) is 0 Å². The van der Waals surface area contributed by atoms with Gasteiger partial charge in [-0.1, -0.05) is 6.07 Å². The van der Waals surface area contributed by atoms with Crippen LogP contribution in [0.4, 0.5) is 11.6 Å². The average molecular weight is 223 g/mol. The molecule has 0 atom stereocenters. The van der Waals surface area contributed by atoms with Crippen LogP contribution in [0.15, 0.2) is 18.2 Å². The van der Waals surface area contributed by atoms with Crippen LogP contribution in [0.2, 0.25) is 0 Å². The monoisotopic (exact) mass is 223 g/mol. The fourth-order valence-electron chi connectivity index (χ4n) is 1.56. The number of hydrogen-bond acceptors (Lipinski definition) is 4. The summed E-state index contributed by atoms with van der Waals surface area (Å²) in [5.41, 5.74) is -0.715. The van der Waals surface area contributed by atoms with Gasteiger partial charge in [0.25, 0.3) is 0 Å². The maximum absolute atomic E-state index is 9.82. The van der Waals surface area contributed by atoms with E-state index in [2.05, 4.69) is 22.1 Å². The summed E-state index contributed by atoms with van der Waals surface area (Å²) in [6, 6.07) is 5.83. The van der Waals surface area contributed by atoms with E-state index in [1.165, 1.54) is 0 Å². The molecule has 1 rings (SSSR count). The summed E-state index contributed by atoms with van der Waals surface area (Å²) in [7, 11) is 1.85. The van der Waals surface area contributed by atoms with Crippen LogP contribution in [0.25, 0.3) is 0 Å². The van der Waals surface area contributed by atoms with Crippen molar-refractivity contribution in [2.45, 2.75) is 26.4 Å². The van der Waals surface area contributed by atoms with E-state index >= 15 is 0 Å². The van der Waals surface area contributed by atoms with E-state index in [9.17, 15) is 5.11 Å². The van der Waals surface area contributed by atoms with E-state index in [0.717, 1.165) is 18.2 Å². The molecule has 0 fully saturated rings. The molecule has 0 amide bonds. The summed E-state index contributed by atoms with van der Waals surface area (Å²) < 4.78 is 0. The van der Waals surface area contributed by atoms with Crippen molar-refractivity contribution in [3.8, 4) is 0 Å². The van der Waals surface area contributed by atoms with Crippen molar-refractivity contribution in [2.24, 2.45) is 0 Å². The van der Waals surface area contributed by atoms with Crippen molar-refractivity contribution >= 4 is 11.6 Å². The number of rotatable bonds is 5.